The Morgan fingerprint density at radius 3 is 2.85 bits per heavy atom. The maximum atomic E-state index is 12.9. The van der Waals surface area contributed by atoms with Crippen molar-refractivity contribution in [2.75, 3.05) is 12.4 Å². The van der Waals surface area contributed by atoms with Crippen LogP contribution < -0.4 is 0 Å². The molecule has 1 fully saturated rings. The zero-order valence-electron chi connectivity index (χ0n) is 15.0. The highest BCUT2D eigenvalue weighted by Crippen LogP contribution is 2.42. The number of thioether (sulfide) groups is 1. The number of amides is 1. The highest BCUT2D eigenvalue weighted by Gasteiger charge is 2.42. The zero-order chi connectivity index (χ0) is 18.8. The first-order valence-electron chi connectivity index (χ1n) is 8.56. The van der Waals surface area contributed by atoms with E-state index in [0.717, 1.165) is 0 Å². The molecular formula is C19H21ClN2O3S. The van der Waals surface area contributed by atoms with Crippen LogP contribution in [0.2, 0.25) is 5.02 Å². The number of rotatable bonds is 4. The van der Waals surface area contributed by atoms with E-state index in [0.29, 0.717) is 45.8 Å². The molecule has 0 N–H and O–H groups in total. The Balaban J connectivity index is 2.10. The summed E-state index contributed by atoms with van der Waals surface area (Å²) in [6, 6.07) is 6.66. The fraction of sp³-hybridized carbons (Fsp3) is 0.421. The molecule has 3 rings (SSSR count). The van der Waals surface area contributed by atoms with Crippen molar-refractivity contribution < 1.29 is 14.3 Å². The Morgan fingerprint density at radius 1 is 1.42 bits per heavy atom. The number of benzene rings is 1. The number of carbonyl (C=O) groups is 2. The van der Waals surface area contributed by atoms with Crippen molar-refractivity contribution in [2.45, 2.75) is 33.2 Å². The van der Waals surface area contributed by atoms with Gasteiger partial charge in [0.1, 0.15) is 0 Å². The molecule has 0 aromatic heterocycles. The predicted octanol–water partition coefficient (Wildman–Crippen LogP) is 4.19. The second kappa shape index (κ2) is 7.84. The van der Waals surface area contributed by atoms with Crippen LogP contribution in [0, 0.1) is 5.92 Å². The molecule has 0 saturated carbocycles. The Hall–Kier alpha value is -1.79. The number of esters is 1. The third-order valence-electron chi connectivity index (χ3n) is 4.17. The molecule has 1 saturated heterocycles. The van der Waals surface area contributed by atoms with E-state index in [1.165, 1.54) is 11.8 Å². The maximum Gasteiger partial charge on any atom is 0.338 e. The van der Waals surface area contributed by atoms with Crippen LogP contribution in [0.1, 0.15) is 38.8 Å². The van der Waals surface area contributed by atoms with Gasteiger partial charge in [0.15, 0.2) is 5.17 Å². The summed E-state index contributed by atoms with van der Waals surface area (Å²) < 4.78 is 5.47. The minimum Gasteiger partial charge on any atom is -0.462 e. The summed E-state index contributed by atoms with van der Waals surface area (Å²) in [7, 11) is 0. The van der Waals surface area contributed by atoms with Gasteiger partial charge in [0, 0.05) is 17.2 Å². The summed E-state index contributed by atoms with van der Waals surface area (Å²) in [5.74, 6) is 0.388. The molecule has 0 unspecified atom stereocenters. The molecule has 1 amide bonds. The van der Waals surface area contributed by atoms with Crippen LogP contribution in [0.15, 0.2) is 40.5 Å². The van der Waals surface area contributed by atoms with Crippen molar-refractivity contribution in [3.63, 3.8) is 0 Å². The lowest BCUT2D eigenvalue weighted by molar-refractivity contribution is -0.141. The highest BCUT2D eigenvalue weighted by atomic mass is 35.5. The number of fused-ring (bicyclic) bond motifs is 1. The van der Waals surface area contributed by atoms with Gasteiger partial charge in [-0.25, -0.2) is 9.79 Å². The van der Waals surface area contributed by atoms with E-state index in [9.17, 15) is 9.59 Å². The lowest BCUT2D eigenvalue weighted by Crippen LogP contribution is -2.46. The molecule has 138 valence electrons. The van der Waals surface area contributed by atoms with Gasteiger partial charge in [0.25, 0.3) is 0 Å². The number of allylic oxidation sites excluding steroid dienone is 1. The van der Waals surface area contributed by atoms with Gasteiger partial charge in [-0.2, -0.15) is 0 Å². The third-order valence-corrected chi connectivity index (χ3v) is 5.47. The lowest BCUT2D eigenvalue weighted by Gasteiger charge is -2.39. The van der Waals surface area contributed by atoms with E-state index >= 15 is 0 Å². The topological polar surface area (TPSA) is 59.0 Å². The first-order chi connectivity index (χ1) is 12.4. The number of aliphatic imine (C=N–C) groups is 1. The van der Waals surface area contributed by atoms with E-state index < -0.39 is 12.0 Å². The van der Waals surface area contributed by atoms with Gasteiger partial charge < -0.3 is 4.74 Å². The van der Waals surface area contributed by atoms with Gasteiger partial charge in [-0.3, -0.25) is 9.69 Å². The summed E-state index contributed by atoms with van der Waals surface area (Å²) in [5.41, 5.74) is 1.64. The molecule has 7 heteroatoms. The molecule has 1 atom stereocenters. The van der Waals surface area contributed by atoms with Gasteiger partial charge in [0.05, 0.1) is 23.9 Å². The Kier molecular flexibility index (Phi) is 5.73. The van der Waals surface area contributed by atoms with Crippen molar-refractivity contribution in [2.24, 2.45) is 10.9 Å². The number of halogens is 1. The quantitative estimate of drug-likeness (QED) is 0.721. The largest absolute Gasteiger partial charge is 0.462 e. The van der Waals surface area contributed by atoms with Crippen molar-refractivity contribution in [3.05, 3.63) is 46.1 Å². The normalized spacial score (nSPS) is 20.2. The third kappa shape index (κ3) is 3.67. The molecule has 0 aliphatic carbocycles. The SMILES string of the molecule is CC1=C(C(=O)OCC(C)C)[C@H](c2ccccc2Cl)N2C(=O)CCSC2=N1. The molecule has 0 spiro atoms. The fourth-order valence-electron chi connectivity index (χ4n) is 2.97. The molecule has 2 aliphatic heterocycles. The first kappa shape index (κ1) is 19.0. The minimum absolute atomic E-state index is 0.0610. The van der Waals surface area contributed by atoms with Gasteiger partial charge in [0.2, 0.25) is 5.91 Å². The second-order valence-corrected chi connectivity index (χ2v) is 8.14. The van der Waals surface area contributed by atoms with Crippen LogP contribution in [-0.4, -0.2) is 34.3 Å². The van der Waals surface area contributed by atoms with Gasteiger partial charge >= 0.3 is 5.97 Å². The zero-order valence-corrected chi connectivity index (χ0v) is 16.6. The molecule has 2 aliphatic rings. The molecule has 0 bridgehead atoms. The standard InChI is InChI=1S/C19H21ClN2O3S/c1-11(2)10-25-18(24)16-12(3)21-19-22(15(23)8-9-26-19)17(16)13-6-4-5-7-14(13)20/h4-7,11,17H,8-10H2,1-3H3/t17-/m0/s1. The molecule has 5 nitrogen and oxygen atoms in total. The number of hydrogen-bond donors (Lipinski definition) is 0. The van der Waals surface area contributed by atoms with Crippen molar-refractivity contribution in [1.82, 2.24) is 4.90 Å². The summed E-state index contributed by atoms with van der Waals surface area (Å²) >= 11 is 7.94. The summed E-state index contributed by atoms with van der Waals surface area (Å²) in [6.45, 7) is 6.04. The fourth-order valence-corrected chi connectivity index (χ4v) is 4.21. The Bertz CT molecular complexity index is 804. The van der Waals surface area contributed by atoms with Gasteiger partial charge in [-0.05, 0) is 24.5 Å². The molecular weight excluding hydrogens is 372 g/mol. The molecule has 0 radical (unpaired) electrons. The molecule has 1 aromatic rings. The predicted molar refractivity (Wildman–Crippen MR) is 104 cm³/mol. The number of nitrogens with zero attached hydrogens (tertiary/aromatic N) is 2. The van der Waals surface area contributed by atoms with Crippen LogP contribution in [0.25, 0.3) is 0 Å². The van der Waals surface area contributed by atoms with Crippen LogP contribution in [-0.2, 0) is 14.3 Å². The summed E-state index contributed by atoms with van der Waals surface area (Å²) in [5, 5.41) is 1.12. The average Bonchev–Trinajstić information content (AvgIpc) is 2.59. The maximum absolute atomic E-state index is 12.9. The van der Waals surface area contributed by atoms with E-state index in [1.807, 2.05) is 32.0 Å². The van der Waals surface area contributed by atoms with Crippen molar-refractivity contribution >= 4 is 40.4 Å². The Labute approximate surface area is 162 Å². The number of amidine groups is 1. The van der Waals surface area contributed by atoms with E-state index in [-0.39, 0.29) is 11.8 Å². The van der Waals surface area contributed by atoms with Crippen LogP contribution >= 0.6 is 23.4 Å². The van der Waals surface area contributed by atoms with Crippen molar-refractivity contribution in [1.29, 1.82) is 0 Å². The lowest BCUT2D eigenvalue weighted by atomic mass is 9.94. The molecule has 2 heterocycles. The van der Waals surface area contributed by atoms with Crippen molar-refractivity contribution in [3.8, 4) is 0 Å². The number of carbonyl (C=O) groups excluding carboxylic acids is 2. The van der Waals surface area contributed by atoms with E-state index in [1.54, 1.807) is 17.9 Å². The minimum atomic E-state index is -0.615. The molecule has 1 aromatic carbocycles. The average molecular weight is 393 g/mol. The van der Waals surface area contributed by atoms with E-state index in [4.69, 9.17) is 16.3 Å². The summed E-state index contributed by atoms with van der Waals surface area (Å²) in [6.07, 6.45) is 0.401. The number of ether oxygens (including phenoxy) is 1. The number of hydrogen-bond acceptors (Lipinski definition) is 5. The smallest absolute Gasteiger partial charge is 0.338 e. The first-order valence-corrected chi connectivity index (χ1v) is 9.92. The van der Waals surface area contributed by atoms with Crippen LogP contribution in [0.4, 0.5) is 0 Å². The van der Waals surface area contributed by atoms with E-state index in [2.05, 4.69) is 4.99 Å². The monoisotopic (exact) mass is 392 g/mol. The Morgan fingerprint density at radius 2 is 2.15 bits per heavy atom. The molecule has 26 heavy (non-hydrogen) atoms. The highest BCUT2D eigenvalue weighted by molar-refractivity contribution is 8.14. The summed E-state index contributed by atoms with van der Waals surface area (Å²) in [4.78, 5) is 31.6. The van der Waals surface area contributed by atoms with Gasteiger partial charge in [-0.15, -0.1) is 0 Å². The van der Waals surface area contributed by atoms with Crippen LogP contribution in [0.5, 0.6) is 0 Å². The van der Waals surface area contributed by atoms with Gasteiger partial charge in [-0.1, -0.05) is 55.4 Å². The van der Waals surface area contributed by atoms with Crippen LogP contribution in [0.3, 0.4) is 0 Å². The second-order valence-electron chi connectivity index (χ2n) is 6.67.